The molecule has 0 aliphatic carbocycles. The van der Waals surface area contributed by atoms with Gasteiger partial charge in [0.05, 0.1) is 5.92 Å². The lowest BCUT2D eigenvalue weighted by Gasteiger charge is -2.00. The predicted octanol–water partition coefficient (Wildman–Crippen LogP) is 0.900. The molecule has 0 saturated carbocycles. The maximum absolute atomic E-state index is 10.8. The Morgan fingerprint density at radius 1 is 1.50 bits per heavy atom. The fraction of sp³-hybridized carbons (Fsp3) is 0.667. The number of carbonyl (C=O) groups excluding carboxylic acids is 2. The third-order valence-electron chi connectivity index (χ3n) is 1.52. The first kappa shape index (κ1) is 7.97. The maximum Gasteiger partial charge on any atom is 0.327 e. The number of rotatable bonds is 1. The van der Waals surface area contributed by atoms with Gasteiger partial charge in [-0.1, -0.05) is 29.5 Å². The quantitative estimate of drug-likeness (QED) is 0.302. The fourth-order valence-electron chi connectivity index (χ4n) is 0.888. The van der Waals surface area contributed by atoms with E-state index in [0.717, 1.165) is 0 Å². The Morgan fingerprint density at radius 2 is 2.10 bits per heavy atom. The second kappa shape index (κ2) is 2.86. The van der Waals surface area contributed by atoms with Crippen LogP contribution in [-0.4, -0.2) is 15.9 Å². The third-order valence-corrected chi connectivity index (χ3v) is 2.90. The van der Waals surface area contributed by atoms with Gasteiger partial charge in [-0.3, -0.25) is 9.59 Å². The molecule has 1 rings (SSSR count). The summed E-state index contributed by atoms with van der Waals surface area (Å²) in [5.41, 5.74) is 0. The van der Waals surface area contributed by atoms with Crippen molar-refractivity contribution in [3.63, 3.8) is 0 Å². The molecule has 2 unspecified atom stereocenters. The third kappa shape index (κ3) is 1.16. The normalized spacial score (nSPS) is 32.6. The van der Waals surface area contributed by atoms with Crippen molar-refractivity contribution in [1.82, 2.24) is 0 Å². The molecule has 0 radical (unpaired) electrons. The highest BCUT2D eigenvalue weighted by Crippen LogP contribution is 2.26. The van der Waals surface area contributed by atoms with Gasteiger partial charge in [0.15, 0.2) is 0 Å². The van der Waals surface area contributed by atoms with Gasteiger partial charge in [-0.2, -0.15) is 0 Å². The molecule has 0 spiro atoms. The van der Waals surface area contributed by atoms with Gasteiger partial charge >= 0.3 is 11.9 Å². The van der Waals surface area contributed by atoms with Crippen LogP contribution in [0.3, 0.4) is 0 Å². The molecule has 0 aromatic carbocycles. The number of carbonyl (C=O) groups is 2. The first-order valence-electron chi connectivity index (χ1n) is 3.06. The van der Waals surface area contributed by atoms with E-state index in [9.17, 15) is 9.59 Å². The Morgan fingerprint density at radius 3 is 2.30 bits per heavy atom. The highest BCUT2D eigenvalue weighted by Gasteiger charge is 2.41. The van der Waals surface area contributed by atoms with Crippen molar-refractivity contribution < 1.29 is 14.3 Å². The monoisotopic (exact) mass is 254 g/mol. The van der Waals surface area contributed by atoms with Crippen LogP contribution < -0.4 is 0 Å². The summed E-state index contributed by atoms with van der Waals surface area (Å²) in [7, 11) is 0. The molecule has 1 aliphatic rings. The SMILES string of the molecule is CCC1C(=O)OC(=O)C1I. The van der Waals surface area contributed by atoms with Crippen LogP contribution in [0.4, 0.5) is 0 Å². The van der Waals surface area contributed by atoms with Crippen molar-refractivity contribution >= 4 is 34.5 Å². The summed E-state index contributed by atoms with van der Waals surface area (Å²) in [5, 5.41) is 0. The average Bonchev–Trinajstić information content (AvgIpc) is 2.09. The van der Waals surface area contributed by atoms with Crippen LogP contribution in [0.15, 0.2) is 0 Å². The zero-order valence-electron chi connectivity index (χ0n) is 5.46. The highest BCUT2D eigenvalue weighted by atomic mass is 127. The fourth-order valence-corrected chi connectivity index (χ4v) is 1.82. The second-order valence-corrected chi connectivity index (χ2v) is 3.50. The molecule has 0 N–H and O–H groups in total. The molecule has 4 heteroatoms. The lowest BCUT2D eigenvalue weighted by atomic mass is 10.1. The number of cyclic esters (lactones) is 2. The minimum Gasteiger partial charge on any atom is -0.392 e. The van der Waals surface area contributed by atoms with Crippen LogP contribution in [0.1, 0.15) is 13.3 Å². The molecule has 0 aromatic heterocycles. The van der Waals surface area contributed by atoms with Crippen molar-refractivity contribution in [1.29, 1.82) is 0 Å². The van der Waals surface area contributed by atoms with E-state index >= 15 is 0 Å². The van der Waals surface area contributed by atoms with Gasteiger partial charge in [-0.15, -0.1) is 0 Å². The molecule has 1 heterocycles. The molecular weight excluding hydrogens is 247 g/mol. The number of halogens is 1. The van der Waals surface area contributed by atoms with E-state index in [2.05, 4.69) is 4.74 Å². The largest absolute Gasteiger partial charge is 0.392 e. The van der Waals surface area contributed by atoms with E-state index in [1.54, 1.807) is 0 Å². The molecule has 1 aliphatic heterocycles. The average molecular weight is 254 g/mol. The standard InChI is InChI=1S/C6H7IO3/c1-2-3-4(7)6(9)10-5(3)8/h3-4H,2H2,1H3. The van der Waals surface area contributed by atoms with Crippen molar-refractivity contribution in [2.75, 3.05) is 0 Å². The lowest BCUT2D eigenvalue weighted by molar-refractivity contribution is -0.153. The number of hydrogen-bond acceptors (Lipinski definition) is 3. The zero-order chi connectivity index (χ0) is 7.72. The zero-order valence-corrected chi connectivity index (χ0v) is 7.62. The molecule has 56 valence electrons. The molecule has 10 heavy (non-hydrogen) atoms. The van der Waals surface area contributed by atoms with Gasteiger partial charge in [0.2, 0.25) is 0 Å². The smallest absolute Gasteiger partial charge is 0.327 e. The van der Waals surface area contributed by atoms with Gasteiger partial charge in [-0.05, 0) is 6.42 Å². The van der Waals surface area contributed by atoms with E-state index in [4.69, 9.17) is 0 Å². The summed E-state index contributed by atoms with van der Waals surface area (Å²) in [6.07, 6.45) is 0.679. The molecule has 0 amide bonds. The summed E-state index contributed by atoms with van der Waals surface area (Å²) in [5.74, 6) is -0.975. The lowest BCUT2D eigenvalue weighted by Crippen LogP contribution is -2.15. The Hall–Kier alpha value is -0.130. The summed E-state index contributed by atoms with van der Waals surface area (Å²) >= 11 is 1.94. The molecule has 2 atom stereocenters. The van der Waals surface area contributed by atoms with Gasteiger partial charge in [0.25, 0.3) is 0 Å². The van der Waals surface area contributed by atoms with Gasteiger partial charge in [-0.25, -0.2) is 0 Å². The Balaban J connectivity index is 2.73. The van der Waals surface area contributed by atoms with Gasteiger partial charge in [0.1, 0.15) is 3.92 Å². The van der Waals surface area contributed by atoms with Gasteiger partial charge in [0, 0.05) is 0 Å². The Bertz CT molecular complexity index is 178. The van der Waals surface area contributed by atoms with Crippen LogP contribution in [0.25, 0.3) is 0 Å². The molecule has 1 saturated heterocycles. The number of alkyl halides is 1. The first-order valence-corrected chi connectivity index (χ1v) is 4.31. The van der Waals surface area contributed by atoms with E-state index < -0.39 is 5.97 Å². The van der Waals surface area contributed by atoms with E-state index in [1.807, 2.05) is 29.5 Å². The minimum atomic E-state index is -0.391. The van der Waals surface area contributed by atoms with Crippen molar-refractivity contribution in [2.24, 2.45) is 5.92 Å². The van der Waals surface area contributed by atoms with E-state index in [1.165, 1.54) is 0 Å². The van der Waals surface area contributed by atoms with Crippen LogP contribution >= 0.6 is 22.6 Å². The maximum atomic E-state index is 10.8. The summed E-state index contributed by atoms with van der Waals surface area (Å²) < 4.78 is 4.12. The van der Waals surface area contributed by atoms with E-state index in [0.29, 0.717) is 6.42 Å². The molecular formula is C6H7IO3. The summed E-state index contributed by atoms with van der Waals surface area (Å²) in [6.45, 7) is 1.87. The Labute approximate surface area is 72.3 Å². The minimum absolute atomic E-state index is 0.215. The number of esters is 2. The van der Waals surface area contributed by atoms with Crippen molar-refractivity contribution in [3.05, 3.63) is 0 Å². The Kier molecular flexibility index (Phi) is 2.28. The second-order valence-electron chi connectivity index (χ2n) is 2.16. The number of ether oxygens (including phenoxy) is 1. The molecule has 3 nitrogen and oxygen atoms in total. The first-order chi connectivity index (χ1) is 4.66. The molecule has 0 bridgehead atoms. The van der Waals surface area contributed by atoms with Gasteiger partial charge < -0.3 is 4.74 Å². The summed E-state index contributed by atoms with van der Waals surface area (Å²) in [6, 6.07) is 0. The van der Waals surface area contributed by atoms with Crippen molar-refractivity contribution in [3.8, 4) is 0 Å². The molecule has 0 aromatic rings. The van der Waals surface area contributed by atoms with Crippen molar-refractivity contribution in [2.45, 2.75) is 17.3 Å². The van der Waals surface area contributed by atoms with Crippen LogP contribution in [0.2, 0.25) is 0 Å². The van der Waals surface area contributed by atoms with Crippen LogP contribution in [-0.2, 0) is 14.3 Å². The number of hydrogen-bond donors (Lipinski definition) is 0. The summed E-state index contributed by atoms with van der Waals surface area (Å²) in [4.78, 5) is 21.5. The van der Waals surface area contributed by atoms with Crippen LogP contribution in [0, 0.1) is 5.92 Å². The van der Waals surface area contributed by atoms with E-state index in [-0.39, 0.29) is 15.8 Å². The predicted molar refractivity (Wildman–Crippen MR) is 42.7 cm³/mol. The topological polar surface area (TPSA) is 43.4 Å². The highest BCUT2D eigenvalue weighted by molar-refractivity contribution is 14.1. The molecule has 1 fully saturated rings. The van der Waals surface area contributed by atoms with Crippen LogP contribution in [0.5, 0.6) is 0 Å².